The fourth-order valence-electron chi connectivity index (χ4n) is 3.76. The maximum Gasteiger partial charge on any atom is 0.167 e. The van der Waals surface area contributed by atoms with Gasteiger partial charge in [-0.3, -0.25) is 0 Å². The molecule has 0 fully saturated rings. The fraction of sp³-hybridized carbons (Fsp3) is 0.391. The van der Waals surface area contributed by atoms with Crippen LogP contribution in [-0.4, -0.2) is 39.1 Å². The molecular formula is C23H29NO5. The summed E-state index contributed by atoms with van der Waals surface area (Å²) >= 11 is 0. The molecule has 0 saturated carbocycles. The van der Waals surface area contributed by atoms with Gasteiger partial charge in [0.1, 0.15) is 12.4 Å². The van der Waals surface area contributed by atoms with Crippen molar-refractivity contribution in [2.75, 3.05) is 34.0 Å². The van der Waals surface area contributed by atoms with Crippen LogP contribution in [0.25, 0.3) is 0 Å². The average Bonchev–Trinajstić information content (AvgIpc) is 2.74. The molecule has 2 aromatic carbocycles. The van der Waals surface area contributed by atoms with E-state index in [1.807, 2.05) is 37.3 Å². The van der Waals surface area contributed by atoms with Crippen LogP contribution in [0.2, 0.25) is 0 Å². The summed E-state index contributed by atoms with van der Waals surface area (Å²) in [6.45, 7) is 7.26. The van der Waals surface area contributed by atoms with Crippen molar-refractivity contribution in [2.24, 2.45) is 0 Å². The predicted octanol–water partition coefficient (Wildman–Crippen LogP) is 3.47. The van der Waals surface area contributed by atoms with Gasteiger partial charge in [-0.1, -0.05) is 43.0 Å². The molecule has 156 valence electrons. The van der Waals surface area contributed by atoms with Crippen molar-refractivity contribution in [3.63, 3.8) is 0 Å². The molecule has 6 nitrogen and oxygen atoms in total. The van der Waals surface area contributed by atoms with E-state index in [0.717, 1.165) is 16.7 Å². The molecule has 2 atom stereocenters. The highest BCUT2D eigenvalue weighted by molar-refractivity contribution is 5.65. The third-order valence-electron chi connectivity index (χ3n) is 5.06. The van der Waals surface area contributed by atoms with Crippen molar-refractivity contribution < 1.29 is 24.1 Å². The van der Waals surface area contributed by atoms with E-state index in [2.05, 4.69) is 11.9 Å². The summed E-state index contributed by atoms with van der Waals surface area (Å²) in [7, 11) is 3.20. The van der Waals surface area contributed by atoms with E-state index in [-0.39, 0.29) is 6.04 Å². The molecule has 6 heteroatoms. The Labute approximate surface area is 172 Å². The molecule has 1 heterocycles. The summed E-state index contributed by atoms with van der Waals surface area (Å²) in [5.74, 6) is 1.79. The SMILES string of the molecule is C=CCOc1c(C)c(OC)c(OC)c2c1C(O)CN[C@@H]2COCc1ccccc1. The number of benzene rings is 2. The van der Waals surface area contributed by atoms with Crippen LogP contribution < -0.4 is 19.5 Å². The molecule has 1 aliphatic rings. The van der Waals surface area contributed by atoms with Gasteiger partial charge in [-0.25, -0.2) is 0 Å². The summed E-state index contributed by atoms with van der Waals surface area (Å²) in [5, 5.41) is 14.1. The summed E-state index contributed by atoms with van der Waals surface area (Å²) < 4.78 is 23.3. The molecule has 0 aliphatic carbocycles. The fourth-order valence-corrected chi connectivity index (χ4v) is 3.76. The van der Waals surface area contributed by atoms with Crippen molar-refractivity contribution in [3.8, 4) is 17.2 Å². The minimum Gasteiger partial charge on any atom is -0.492 e. The topological polar surface area (TPSA) is 69.2 Å². The predicted molar refractivity (Wildman–Crippen MR) is 112 cm³/mol. The number of aliphatic hydroxyl groups is 1. The van der Waals surface area contributed by atoms with E-state index in [4.69, 9.17) is 18.9 Å². The Balaban J connectivity index is 1.97. The first kappa shape index (κ1) is 21.2. The van der Waals surface area contributed by atoms with Gasteiger partial charge in [-0.2, -0.15) is 0 Å². The lowest BCUT2D eigenvalue weighted by atomic mass is 9.88. The number of hydrogen-bond acceptors (Lipinski definition) is 6. The summed E-state index contributed by atoms with van der Waals surface area (Å²) in [5.41, 5.74) is 3.41. The Kier molecular flexibility index (Phi) is 7.14. The molecule has 2 aromatic rings. The van der Waals surface area contributed by atoms with Gasteiger partial charge in [0.2, 0.25) is 0 Å². The number of hydrogen-bond donors (Lipinski definition) is 2. The largest absolute Gasteiger partial charge is 0.492 e. The van der Waals surface area contributed by atoms with Crippen LogP contribution in [0.5, 0.6) is 17.2 Å². The second-order valence-corrected chi connectivity index (χ2v) is 6.93. The Morgan fingerprint density at radius 2 is 1.83 bits per heavy atom. The van der Waals surface area contributed by atoms with Crippen molar-refractivity contribution in [1.82, 2.24) is 5.32 Å². The van der Waals surface area contributed by atoms with Gasteiger partial charge in [-0.15, -0.1) is 0 Å². The van der Waals surface area contributed by atoms with Crippen LogP contribution in [-0.2, 0) is 11.3 Å². The van der Waals surface area contributed by atoms with Crippen LogP contribution in [0.15, 0.2) is 43.0 Å². The van der Waals surface area contributed by atoms with Crippen molar-refractivity contribution in [2.45, 2.75) is 25.7 Å². The molecule has 3 rings (SSSR count). The number of methoxy groups -OCH3 is 2. The van der Waals surface area contributed by atoms with E-state index >= 15 is 0 Å². The first-order valence-electron chi connectivity index (χ1n) is 9.67. The van der Waals surface area contributed by atoms with Gasteiger partial charge < -0.3 is 29.4 Å². The van der Waals surface area contributed by atoms with Crippen molar-refractivity contribution in [3.05, 3.63) is 65.2 Å². The van der Waals surface area contributed by atoms with Crippen LogP contribution in [0.3, 0.4) is 0 Å². The third-order valence-corrected chi connectivity index (χ3v) is 5.06. The molecule has 0 radical (unpaired) electrons. The van der Waals surface area contributed by atoms with E-state index < -0.39 is 6.10 Å². The number of fused-ring (bicyclic) bond motifs is 1. The Bertz CT molecular complexity index is 837. The van der Waals surface area contributed by atoms with E-state index in [0.29, 0.717) is 49.2 Å². The molecule has 1 unspecified atom stereocenters. The smallest absolute Gasteiger partial charge is 0.167 e. The first-order chi connectivity index (χ1) is 14.1. The second kappa shape index (κ2) is 9.78. The van der Waals surface area contributed by atoms with Gasteiger partial charge in [0.15, 0.2) is 11.5 Å². The molecule has 0 aromatic heterocycles. The zero-order chi connectivity index (χ0) is 20.8. The standard InChI is InChI=1S/C23H29NO5/c1-5-11-29-21-15(2)22(26-3)23(27-4)19-17(24-12-18(25)20(19)21)14-28-13-16-9-7-6-8-10-16/h5-10,17-18,24-25H,1,11-14H2,2-4H3/t17-,18?/m1/s1. The second-order valence-electron chi connectivity index (χ2n) is 6.93. The molecule has 2 N–H and O–H groups in total. The van der Waals surface area contributed by atoms with Crippen molar-refractivity contribution in [1.29, 1.82) is 0 Å². The van der Waals surface area contributed by atoms with E-state index in [1.165, 1.54) is 0 Å². The van der Waals surface area contributed by atoms with Crippen LogP contribution in [0.1, 0.15) is 34.4 Å². The minimum atomic E-state index is -0.728. The maximum absolute atomic E-state index is 10.8. The third kappa shape index (κ3) is 4.40. The normalized spacial score (nSPS) is 18.1. The van der Waals surface area contributed by atoms with E-state index in [9.17, 15) is 5.11 Å². The Morgan fingerprint density at radius 1 is 1.10 bits per heavy atom. The molecule has 1 aliphatic heterocycles. The monoisotopic (exact) mass is 399 g/mol. The lowest BCUT2D eigenvalue weighted by Gasteiger charge is -2.34. The molecular weight excluding hydrogens is 370 g/mol. The quantitative estimate of drug-likeness (QED) is 0.630. The summed E-state index contributed by atoms with van der Waals surface area (Å²) in [6.07, 6.45) is 0.949. The van der Waals surface area contributed by atoms with Gasteiger partial charge in [0.05, 0.1) is 39.6 Å². The number of aliphatic hydroxyl groups excluding tert-OH is 1. The number of ether oxygens (including phenoxy) is 4. The van der Waals surface area contributed by atoms with Gasteiger partial charge >= 0.3 is 0 Å². The number of β-amino-alcohol motifs (C(OH)–C–C–N with tert-alkyl or cyclic N) is 1. The lowest BCUT2D eigenvalue weighted by Crippen LogP contribution is -2.36. The highest BCUT2D eigenvalue weighted by atomic mass is 16.5. The zero-order valence-corrected chi connectivity index (χ0v) is 17.2. The molecule has 0 bridgehead atoms. The first-order valence-corrected chi connectivity index (χ1v) is 9.67. The maximum atomic E-state index is 10.8. The molecule has 29 heavy (non-hydrogen) atoms. The molecule has 0 spiro atoms. The van der Waals surface area contributed by atoms with Crippen LogP contribution >= 0.6 is 0 Å². The highest BCUT2D eigenvalue weighted by Crippen LogP contribution is 2.50. The van der Waals surface area contributed by atoms with Gasteiger partial charge in [-0.05, 0) is 12.5 Å². The Morgan fingerprint density at radius 3 is 2.48 bits per heavy atom. The number of rotatable bonds is 9. The van der Waals surface area contributed by atoms with Gasteiger partial charge in [0, 0.05) is 23.2 Å². The Hall–Kier alpha value is -2.54. The molecule has 0 amide bonds. The number of nitrogens with one attached hydrogen (secondary N) is 1. The van der Waals surface area contributed by atoms with Crippen molar-refractivity contribution >= 4 is 0 Å². The van der Waals surface area contributed by atoms with Gasteiger partial charge in [0.25, 0.3) is 0 Å². The zero-order valence-electron chi connectivity index (χ0n) is 17.2. The molecule has 0 saturated heterocycles. The van der Waals surface area contributed by atoms with E-state index in [1.54, 1.807) is 20.3 Å². The highest BCUT2D eigenvalue weighted by Gasteiger charge is 2.36. The lowest BCUT2D eigenvalue weighted by molar-refractivity contribution is 0.0800. The van der Waals surface area contributed by atoms with Crippen LogP contribution in [0, 0.1) is 6.92 Å². The average molecular weight is 399 g/mol. The van der Waals surface area contributed by atoms with Crippen LogP contribution in [0.4, 0.5) is 0 Å². The minimum absolute atomic E-state index is 0.173. The summed E-state index contributed by atoms with van der Waals surface area (Å²) in [4.78, 5) is 0. The summed E-state index contributed by atoms with van der Waals surface area (Å²) in [6, 6.07) is 9.84.